The third-order valence-electron chi connectivity index (χ3n) is 5.45. The van der Waals surface area contributed by atoms with Crippen molar-refractivity contribution < 1.29 is 29.3 Å². The van der Waals surface area contributed by atoms with Crippen LogP contribution in [0.2, 0.25) is 5.02 Å². The standard InChI is InChI=1S/C13H15N3O3.C11H8ClNO3/c1-7(2)13(3)12(19)15-10(16-13)9-8(11(17)18)5-4-6-14-9;12-8-3-4-9(16-6-10(14)15)11-7(8)2-1-5-13-11/h4-7H,1-3H3,(H,17,18)(H,15,16,19);1-5H,6H2,(H,14,15). The molecule has 0 bridgehead atoms. The van der Waals surface area contributed by atoms with Gasteiger partial charge in [-0.05, 0) is 49.2 Å². The summed E-state index contributed by atoms with van der Waals surface area (Å²) in [5.74, 6) is -1.72. The van der Waals surface area contributed by atoms with Gasteiger partial charge in [0, 0.05) is 17.8 Å². The molecule has 35 heavy (non-hydrogen) atoms. The molecule has 11 heteroatoms. The van der Waals surface area contributed by atoms with Crippen molar-refractivity contribution in [1.82, 2.24) is 15.3 Å². The van der Waals surface area contributed by atoms with E-state index in [9.17, 15) is 14.4 Å². The van der Waals surface area contributed by atoms with Crippen LogP contribution in [0, 0.1) is 5.92 Å². The molecule has 1 amide bonds. The number of carboxylic acid groups (broad SMARTS) is 2. The van der Waals surface area contributed by atoms with Gasteiger partial charge in [-0.1, -0.05) is 25.4 Å². The summed E-state index contributed by atoms with van der Waals surface area (Å²) < 4.78 is 5.12. The Hall–Kier alpha value is -4.05. The van der Waals surface area contributed by atoms with Gasteiger partial charge >= 0.3 is 11.9 Å². The molecule has 0 aliphatic carbocycles. The van der Waals surface area contributed by atoms with Crippen molar-refractivity contribution in [1.29, 1.82) is 0 Å². The summed E-state index contributed by atoms with van der Waals surface area (Å²) in [6, 6.07) is 9.80. The third-order valence-corrected chi connectivity index (χ3v) is 5.78. The topological polar surface area (TPSA) is 151 Å². The van der Waals surface area contributed by atoms with Gasteiger partial charge in [-0.2, -0.15) is 0 Å². The molecule has 0 fully saturated rings. The Balaban J connectivity index is 0.000000198. The van der Waals surface area contributed by atoms with Crippen LogP contribution in [-0.2, 0) is 9.59 Å². The number of carbonyl (C=O) groups is 3. The molecule has 3 N–H and O–H groups in total. The summed E-state index contributed by atoms with van der Waals surface area (Å²) in [4.78, 5) is 46.0. The number of aromatic nitrogens is 2. The van der Waals surface area contributed by atoms with Crippen molar-refractivity contribution >= 4 is 46.2 Å². The number of amidine groups is 1. The minimum absolute atomic E-state index is 0.00184. The monoisotopic (exact) mass is 498 g/mol. The summed E-state index contributed by atoms with van der Waals surface area (Å²) in [5.41, 5.74) is -0.110. The molecule has 0 saturated heterocycles. The molecule has 182 valence electrons. The number of hydrogen-bond acceptors (Lipinski definition) is 7. The van der Waals surface area contributed by atoms with Crippen molar-refractivity contribution in [2.24, 2.45) is 10.9 Å². The number of fused-ring (bicyclic) bond motifs is 1. The van der Waals surface area contributed by atoms with E-state index >= 15 is 0 Å². The number of aliphatic imine (C=N–C) groups is 1. The maximum atomic E-state index is 12.0. The van der Waals surface area contributed by atoms with Gasteiger partial charge in [0.05, 0.1) is 10.6 Å². The molecule has 3 heterocycles. The van der Waals surface area contributed by atoms with E-state index in [0.29, 0.717) is 16.3 Å². The highest BCUT2D eigenvalue weighted by Crippen LogP contribution is 2.29. The quantitative estimate of drug-likeness (QED) is 0.467. The second-order valence-electron chi connectivity index (χ2n) is 8.05. The van der Waals surface area contributed by atoms with Crippen molar-refractivity contribution in [2.45, 2.75) is 26.3 Å². The Morgan fingerprint density at radius 2 is 1.80 bits per heavy atom. The minimum Gasteiger partial charge on any atom is -0.480 e. The molecule has 0 spiro atoms. The summed E-state index contributed by atoms with van der Waals surface area (Å²) in [6.45, 7) is 5.11. The number of amides is 1. The fourth-order valence-corrected chi connectivity index (χ4v) is 3.40. The first-order chi connectivity index (χ1) is 16.5. The van der Waals surface area contributed by atoms with E-state index in [1.165, 1.54) is 18.3 Å². The second-order valence-corrected chi connectivity index (χ2v) is 8.46. The first-order valence-corrected chi connectivity index (χ1v) is 10.9. The van der Waals surface area contributed by atoms with Gasteiger partial charge < -0.3 is 20.3 Å². The SMILES string of the molecule is CC(C)C1(C)N=C(c2ncccc2C(=O)O)NC1=O.O=C(O)COc1ccc(Cl)c2cccnc12. The Morgan fingerprint density at radius 3 is 2.43 bits per heavy atom. The van der Waals surface area contributed by atoms with Gasteiger partial charge in [-0.3, -0.25) is 14.8 Å². The Morgan fingerprint density at radius 1 is 1.11 bits per heavy atom. The molecular formula is C24H23ClN4O6. The zero-order valence-corrected chi connectivity index (χ0v) is 19.9. The maximum Gasteiger partial charge on any atom is 0.341 e. The number of hydrogen-bond donors (Lipinski definition) is 3. The lowest BCUT2D eigenvalue weighted by Gasteiger charge is -2.21. The van der Waals surface area contributed by atoms with E-state index in [4.69, 9.17) is 26.6 Å². The molecule has 4 rings (SSSR count). The van der Waals surface area contributed by atoms with Crippen molar-refractivity contribution in [3.8, 4) is 5.75 Å². The zero-order valence-electron chi connectivity index (χ0n) is 19.2. The van der Waals surface area contributed by atoms with Crippen LogP contribution >= 0.6 is 11.6 Å². The lowest BCUT2D eigenvalue weighted by molar-refractivity contribution is -0.139. The molecule has 1 aliphatic heterocycles. The molecular weight excluding hydrogens is 476 g/mol. The summed E-state index contributed by atoms with van der Waals surface area (Å²) in [5, 5.41) is 21.6. The molecule has 1 atom stereocenters. The molecule has 2 aromatic heterocycles. The largest absolute Gasteiger partial charge is 0.480 e. The molecule has 1 aromatic carbocycles. The summed E-state index contributed by atoms with van der Waals surface area (Å²) >= 11 is 5.98. The summed E-state index contributed by atoms with van der Waals surface area (Å²) in [7, 11) is 0. The fraction of sp³-hybridized carbons (Fsp3) is 0.250. The number of nitrogens with zero attached hydrogens (tertiary/aromatic N) is 3. The molecule has 0 saturated carbocycles. The molecule has 10 nitrogen and oxygen atoms in total. The molecule has 0 radical (unpaired) electrons. The van der Waals surface area contributed by atoms with E-state index < -0.39 is 24.1 Å². The smallest absolute Gasteiger partial charge is 0.341 e. The van der Waals surface area contributed by atoms with E-state index in [0.717, 1.165) is 5.39 Å². The number of aromatic carboxylic acids is 1. The minimum atomic E-state index is -1.10. The van der Waals surface area contributed by atoms with Crippen LogP contribution in [0.1, 0.15) is 36.8 Å². The Kier molecular flexibility index (Phi) is 7.65. The van der Waals surface area contributed by atoms with E-state index in [2.05, 4.69) is 20.3 Å². The van der Waals surface area contributed by atoms with E-state index in [1.807, 2.05) is 13.8 Å². The number of halogens is 1. The number of ether oxygens (including phenoxy) is 1. The highest BCUT2D eigenvalue weighted by molar-refractivity contribution is 6.35. The average Bonchev–Trinajstić information content (AvgIpc) is 3.14. The average molecular weight is 499 g/mol. The van der Waals surface area contributed by atoms with Gasteiger partial charge in [0.1, 0.15) is 22.5 Å². The first kappa shape index (κ1) is 25.6. The van der Waals surface area contributed by atoms with Crippen LogP contribution in [0.5, 0.6) is 5.75 Å². The Labute approximate surface area is 205 Å². The normalized spacial score (nSPS) is 16.8. The van der Waals surface area contributed by atoms with Crippen molar-refractivity contribution in [2.75, 3.05) is 6.61 Å². The van der Waals surface area contributed by atoms with Crippen LogP contribution in [0.3, 0.4) is 0 Å². The number of benzene rings is 1. The number of aliphatic carboxylic acids is 1. The molecule has 1 aliphatic rings. The number of rotatable bonds is 6. The van der Waals surface area contributed by atoms with Crippen LogP contribution in [0.4, 0.5) is 0 Å². The number of pyridine rings is 2. The number of nitrogens with one attached hydrogen (secondary N) is 1. The highest BCUT2D eigenvalue weighted by atomic mass is 35.5. The van der Waals surface area contributed by atoms with E-state index in [-0.39, 0.29) is 28.9 Å². The van der Waals surface area contributed by atoms with Crippen LogP contribution in [0.15, 0.2) is 53.8 Å². The highest BCUT2D eigenvalue weighted by Gasteiger charge is 2.42. The lowest BCUT2D eigenvalue weighted by Crippen LogP contribution is -2.41. The van der Waals surface area contributed by atoms with Gasteiger partial charge in [0.25, 0.3) is 5.91 Å². The van der Waals surface area contributed by atoms with Gasteiger partial charge in [-0.25, -0.2) is 14.6 Å². The molecule has 1 unspecified atom stereocenters. The van der Waals surface area contributed by atoms with Crippen LogP contribution < -0.4 is 10.1 Å². The van der Waals surface area contributed by atoms with E-state index in [1.54, 1.807) is 37.4 Å². The number of carbonyl (C=O) groups excluding carboxylic acids is 1. The lowest BCUT2D eigenvalue weighted by atomic mass is 9.89. The third kappa shape index (κ3) is 5.55. The Bertz CT molecular complexity index is 1330. The number of carboxylic acids is 2. The van der Waals surface area contributed by atoms with Gasteiger partial charge in [-0.15, -0.1) is 0 Å². The van der Waals surface area contributed by atoms with Crippen molar-refractivity contribution in [3.63, 3.8) is 0 Å². The second kappa shape index (κ2) is 10.5. The maximum absolute atomic E-state index is 12.0. The first-order valence-electron chi connectivity index (χ1n) is 10.5. The van der Waals surface area contributed by atoms with Crippen LogP contribution in [-0.4, -0.2) is 56.0 Å². The van der Waals surface area contributed by atoms with Crippen LogP contribution in [0.25, 0.3) is 10.9 Å². The fourth-order valence-electron chi connectivity index (χ4n) is 3.18. The summed E-state index contributed by atoms with van der Waals surface area (Å²) in [6.07, 6.45) is 3.08. The zero-order chi connectivity index (χ0) is 25.8. The predicted octanol–water partition coefficient (Wildman–Crippen LogP) is 3.42. The van der Waals surface area contributed by atoms with Crippen molar-refractivity contribution in [3.05, 3.63) is 65.1 Å². The van der Waals surface area contributed by atoms with Gasteiger partial charge in [0.2, 0.25) is 0 Å². The predicted molar refractivity (Wildman–Crippen MR) is 129 cm³/mol. The van der Waals surface area contributed by atoms with Gasteiger partial charge in [0.15, 0.2) is 12.4 Å². The molecule has 3 aromatic rings.